The number of fused-ring (bicyclic) bond motifs is 1. The number of non-ortho nitro benzene ring substituents is 1. The van der Waals surface area contributed by atoms with Crippen molar-refractivity contribution in [1.82, 2.24) is 0 Å². The van der Waals surface area contributed by atoms with E-state index in [2.05, 4.69) is 10.5 Å². The molecule has 1 aromatic heterocycles. The fourth-order valence-corrected chi connectivity index (χ4v) is 3.93. The summed E-state index contributed by atoms with van der Waals surface area (Å²) in [4.78, 5) is 33.7. The number of hydrogen-bond acceptors (Lipinski definition) is 9. The van der Waals surface area contributed by atoms with E-state index in [1.54, 1.807) is 32.0 Å². The molecule has 1 heterocycles. The summed E-state index contributed by atoms with van der Waals surface area (Å²) in [6.07, 6.45) is 1.81. The van der Waals surface area contributed by atoms with Gasteiger partial charge in [0.2, 0.25) is 5.76 Å². The predicted molar refractivity (Wildman–Crippen MR) is 127 cm³/mol. The fourth-order valence-electron chi connectivity index (χ4n) is 3.82. The maximum atomic E-state index is 12.8. The molecule has 0 aliphatic heterocycles. The summed E-state index contributed by atoms with van der Waals surface area (Å²) >= 11 is 6.02. The van der Waals surface area contributed by atoms with Crippen molar-refractivity contribution in [1.29, 1.82) is 0 Å². The van der Waals surface area contributed by atoms with Crippen LogP contribution < -0.4 is 10.2 Å². The Kier molecular flexibility index (Phi) is 6.52. The number of rotatable bonds is 6. The van der Waals surface area contributed by atoms with Crippen LogP contribution in [0.25, 0.3) is 0 Å². The molecule has 0 saturated carbocycles. The number of carbonyl (C=O) groups excluding carboxylic acids is 1. The van der Waals surface area contributed by atoms with Gasteiger partial charge in [-0.05, 0) is 56.5 Å². The molecular weight excluding hydrogens is 480 g/mol. The number of anilines is 1. The highest BCUT2D eigenvalue weighted by molar-refractivity contribution is 6.31. The van der Waals surface area contributed by atoms with Crippen molar-refractivity contribution in [3.8, 4) is 5.75 Å². The third-order valence-electron chi connectivity index (χ3n) is 5.55. The maximum absolute atomic E-state index is 12.8. The van der Waals surface area contributed by atoms with Crippen molar-refractivity contribution in [3.63, 3.8) is 0 Å². The summed E-state index contributed by atoms with van der Waals surface area (Å²) < 4.78 is 11.3. The summed E-state index contributed by atoms with van der Waals surface area (Å²) in [7, 11) is 0. The zero-order valence-corrected chi connectivity index (χ0v) is 19.4. The first-order valence-corrected chi connectivity index (χ1v) is 10.9. The lowest BCUT2D eigenvalue weighted by Crippen LogP contribution is -2.14. The van der Waals surface area contributed by atoms with Gasteiger partial charge in [-0.25, -0.2) is 4.79 Å². The first kappa shape index (κ1) is 23.9. The number of carbonyl (C=O) groups is 1. The minimum Gasteiger partial charge on any atom is -0.453 e. The van der Waals surface area contributed by atoms with Gasteiger partial charge in [0.05, 0.1) is 21.6 Å². The van der Waals surface area contributed by atoms with Gasteiger partial charge in [0.1, 0.15) is 17.2 Å². The number of hydrogen-bond donors (Lipinski definition) is 1. The number of nitro benzene ring substituents is 2. The van der Waals surface area contributed by atoms with Crippen molar-refractivity contribution in [2.75, 3.05) is 5.43 Å². The Hall–Kier alpha value is -4.25. The Bertz CT molecular complexity index is 1400. The monoisotopic (exact) mass is 498 g/mol. The van der Waals surface area contributed by atoms with Crippen molar-refractivity contribution in [3.05, 3.63) is 89.9 Å². The van der Waals surface area contributed by atoms with Gasteiger partial charge < -0.3 is 9.15 Å². The third kappa shape index (κ3) is 4.85. The van der Waals surface area contributed by atoms with E-state index in [1.165, 1.54) is 6.07 Å². The second kappa shape index (κ2) is 9.55. The molecule has 2 aromatic carbocycles. The molecule has 1 aliphatic rings. The third-order valence-corrected chi connectivity index (χ3v) is 5.98. The number of hydrazone groups is 1. The molecule has 0 atom stereocenters. The predicted octanol–water partition coefficient (Wildman–Crippen LogP) is 5.74. The topological polar surface area (TPSA) is 150 Å². The van der Waals surface area contributed by atoms with Crippen molar-refractivity contribution in [2.45, 2.75) is 33.1 Å². The van der Waals surface area contributed by atoms with Gasteiger partial charge in [0, 0.05) is 28.6 Å². The number of aryl methyl sites for hydroxylation is 2. The lowest BCUT2D eigenvalue weighted by atomic mass is 9.93. The van der Waals surface area contributed by atoms with E-state index >= 15 is 0 Å². The average molecular weight is 499 g/mol. The minimum absolute atomic E-state index is 0.000821. The Morgan fingerprint density at radius 3 is 2.57 bits per heavy atom. The zero-order chi connectivity index (χ0) is 25.3. The van der Waals surface area contributed by atoms with E-state index in [4.69, 9.17) is 20.8 Å². The van der Waals surface area contributed by atoms with Crippen LogP contribution in [0, 0.1) is 34.1 Å². The fraction of sp³-hybridized carbons (Fsp3) is 0.217. The number of nitrogens with zero attached hydrogens (tertiary/aromatic N) is 3. The minimum atomic E-state index is -0.725. The normalized spacial score (nSPS) is 13.9. The van der Waals surface area contributed by atoms with Gasteiger partial charge in [0.15, 0.2) is 0 Å². The quantitative estimate of drug-likeness (QED) is 0.195. The molecule has 4 rings (SSSR count). The number of nitrogens with one attached hydrogen (secondary N) is 1. The molecular formula is C23H19ClN4O7. The van der Waals surface area contributed by atoms with E-state index in [1.807, 2.05) is 0 Å². The molecule has 0 spiro atoms. The number of nitro groups is 2. The average Bonchev–Trinajstić information content (AvgIpc) is 3.17. The number of ether oxygens (including phenoxy) is 1. The molecule has 11 nitrogen and oxygen atoms in total. The molecule has 12 heteroatoms. The summed E-state index contributed by atoms with van der Waals surface area (Å²) in [6.45, 7) is 3.50. The van der Waals surface area contributed by atoms with Crippen LogP contribution in [0.3, 0.4) is 0 Å². The Labute approximate surface area is 203 Å². The van der Waals surface area contributed by atoms with E-state index in [0.717, 1.165) is 17.7 Å². The van der Waals surface area contributed by atoms with Gasteiger partial charge >= 0.3 is 11.7 Å². The second-order valence-corrected chi connectivity index (χ2v) is 8.30. The van der Waals surface area contributed by atoms with E-state index in [0.29, 0.717) is 52.6 Å². The molecule has 180 valence electrons. The van der Waals surface area contributed by atoms with Gasteiger partial charge in [-0.1, -0.05) is 11.6 Å². The van der Waals surface area contributed by atoms with Crippen molar-refractivity contribution >= 4 is 40.3 Å². The Balaban J connectivity index is 1.62. The highest BCUT2D eigenvalue weighted by Gasteiger charge is 2.29. The molecule has 3 aromatic rings. The van der Waals surface area contributed by atoms with Gasteiger partial charge in [0.25, 0.3) is 5.69 Å². The van der Waals surface area contributed by atoms with Gasteiger partial charge in [-0.3, -0.25) is 25.7 Å². The van der Waals surface area contributed by atoms with Crippen LogP contribution in [-0.2, 0) is 6.42 Å². The molecule has 0 fully saturated rings. The number of halogens is 1. The number of esters is 1. The van der Waals surface area contributed by atoms with Crippen LogP contribution in [0.15, 0.2) is 45.9 Å². The van der Waals surface area contributed by atoms with Crippen molar-refractivity contribution in [2.24, 2.45) is 5.10 Å². The van der Waals surface area contributed by atoms with Gasteiger partial charge in [-0.2, -0.15) is 5.10 Å². The molecule has 0 amide bonds. The number of furan rings is 1. The van der Waals surface area contributed by atoms with Crippen LogP contribution in [0.5, 0.6) is 5.75 Å². The van der Waals surface area contributed by atoms with Crippen LogP contribution in [-0.4, -0.2) is 21.5 Å². The first-order chi connectivity index (χ1) is 16.7. The van der Waals surface area contributed by atoms with Crippen molar-refractivity contribution < 1.29 is 23.8 Å². The molecule has 0 unspecified atom stereocenters. The van der Waals surface area contributed by atoms with Crippen LogP contribution >= 0.6 is 11.6 Å². The maximum Gasteiger partial charge on any atom is 0.379 e. The molecule has 1 aliphatic carbocycles. The summed E-state index contributed by atoms with van der Waals surface area (Å²) in [5, 5.41) is 27.2. The standard InChI is InChI=1S/C23H19ClN4O7/c1-12-10-15(7-8-16(12)24)34-23(29)22-13(2)21-18(4-3-5-20(21)35-22)26-25-17-9-6-14(27(30)31)11-19(17)28(32)33/h6-11,25H,3-5H2,1-2H3/b26-18+. The van der Waals surface area contributed by atoms with Crippen LogP contribution in [0.4, 0.5) is 17.1 Å². The van der Waals surface area contributed by atoms with Crippen LogP contribution in [0.1, 0.15) is 45.8 Å². The molecule has 0 radical (unpaired) electrons. The SMILES string of the molecule is Cc1cc(OC(=O)c2oc3c(c2C)/C(=N/Nc2ccc([N+](=O)[O-])cc2[N+](=O)[O-])CCC3)ccc1Cl. The summed E-state index contributed by atoms with van der Waals surface area (Å²) in [6, 6.07) is 8.10. The van der Waals surface area contributed by atoms with E-state index in [-0.39, 0.29) is 11.4 Å². The molecule has 35 heavy (non-hydrogen) atoms. The van der Waals surface area contributed by atoms with Crippen LogP contribution in [0.2, 0.25) is 5.02 Å². The largest absolute Gasteiger partial charge is 0.453 e. The summed E-state index contributed by atoms with van der Waals surface area (Å²) in [5.74, 6) is 0.258. The lowest BCUT2D eigenvalue weighted by Gasteiger charge is -2.13. The first-order valence-electron chi connectivity index (χ1n) is 10.5. The smallest absolute Gasteiger partial charge is 0.379 e. The zero-order valence-electron chi connectivity index (χ0n) is 18.7. The number of benzene rings is 2. The Morgan fingerprint density at radius 1 is 1.11 bits per heavy atom. The van der Waals surface area contributed by atoms with E-state index in [9.17, 15) is 25.0 Å². The van der Waals surface area contributed by atoms with Gasteiger partial charge in [-0.15, -0.1) is 0 Å². The van der Waals surface area contributed by atoms with E-state index < -0.39 is 27.2 Å². The molecule has 0 saturated heterocycles. The highest BCUT2D eigenvalue weighted by Crippen LogP contribution is 2.33. The molecule has 0 bridgehead atoms. The molecule has 1 N–H and O–H groups in total. The lowest BCUT2D eigenvalue weighted by molar-refractivity contribution is -0.393. The highest BCUT2D eigenvalue weighted by atomic mass is 35.5. The summed E-state index contributed by atoms with van der Waals surface area (Å²) in [5.41, 5.74) is 4.23. The Morgan fingerprint density at radius 2 is 1.89 bits per heavy atom. The second-order valence-electron chi connectivity index (χ2n) is 7.89.